The van der Waals surface area contributed by atoms with Gasteiger partial charge in [-0.05, 0) is 18.1 Å². The summed E-state index contributed by atoms with van der Waals surface area (Å²) in [6.07, 6.45) is 0.680. The van der Waals surface area contributed by atoms with Crippen LogP contribution < -0.4 is 10.6 Å². The molecule has 1 aromatic carbocycles. The van der Waals surface area contributed by atoms with Gasteiger partial charge in [-0.3, -0.25) is 0 Å². The molecule has 0 aromatic heterocycles. The maximum Gasteiger partial charge on any atom is 0.0731 e. The highest BCUT2D eigenvalue weighted by Gasteiger charge is 2.21. The Labute approximate surface area is 84.1 Å². The normalized spacial score (nSPS) is 21.6. The Morgan fingerprint density at radius 2 is 2.21 bits per heavy atom. The summed E-state index contributed by atoms with van der Waals surface area (Å²) in [4.78, 5) is 2.20. The van der Waals surface area contributed by atoms with Crippen molar-refractivity contribution in [1.29, 1.82) is 0 Å². The second-order valence-corrected chi connectivity index (χ2v) is 3.72. The molecule has 3 nitrogen and oxygen atoms in total. The van der Waals surface area contributed by atoms with E-state index >= 15 is 0 Å². The molecule has 1 unspecified atom stereocenters. The Kier molecular flexibility index (Phi) is 2.70. The Morgan fingerprint density at radius 1 is 1.43 bits per heavy atom. The van der Waals surface area contributed by atoms with Crippen LogP contribution in [0.1, 0.15) is 12.0 Å². The van der Waals surface area contributed by atoms with Crippen LogP contribution in [0, 0.1) is 0 Å². The molecular formula is C11H16N2O. The summed E-state index contributed by atoms with van der Waals surface area (Å²) in [6.45, 7) is 2.22. The molecule has 2 rings (SSSR count). The number of benzene rings is 1. The number of para-hydroxylation sites is 1. The standard InChI is InChI=1S/C11H16N2O/c12-7-9-3-1-2-4-11(9)13-6-5-10(14)8-13/h1-4,10,14H,5-8,12H2. The van der Waals surface area contributed by atoms with Crippen LogP contribution in [-0.4, -0.2) is 24.3 Å². The van der Waals surface area contributed by atoms with Gasteiger partial charge in [0.2, 0.25) is 0 Å². The Morgan fingerprint density at radius 3 is 2.86 bits per heavy atom. The number of hydrogen-bond acceptors (Lipinski definition) is 3. The lowest BCUT2D eigenvalue weighted by Gasteiger charge is -2.20. The fraction of sp³-hybridized carbons (Fsp3) is 0.455. The fourth-order valence-electron chi connectivity index (χ4n) is 1.95. The van der Waals surface area contributed by atoms with Crippen molar-refractivity contribution in [2.24, 2.45) is 5.73 Å². The van der Waals surface area contributed by atoms with Crippen LogP contribution in [0.5, 0.6) is 0 Å². The molecule has 1 heterocycles. The average molecular weight is 192 g/mol. The minimum atomic E-state index is -0.180. The highest BCUT2D eigenvalue weighted by Crippen LogP contribution is 2.23. The van der Waals surface area contributed by atoms with E-state index in [4.69, 9.17) is 5.73 Å². The molecule has 1 atom stereocenters. The van der Waals surface area contributed by atoms with Gasteiger partial charge in [-0.15, -0.1) is 0 Å². The summed E-state index contributed by atoms with van der Waals surface area (Å²) < 4.78 is 0. The van der Waals surface area contributed by atoms with Crippen molar-refractivity contribution in [2.75, 3.05) is 18.0 Å². The lowest BCUT2D eigenvalue weighted by atomic mass is 10.1. The van der Waals surface area contributed by atoms with Crippen molar-refractivity contribution in [3.63, 3.8) is 0 Å². The smallest absolute Gasteiger partial charge is 0.0731 e. The lowest BCUT2D eigenvalue weighted by molar-refractivity contribution is 0.198. The molecule has 0 amide bonds. The zero-order chi connectivity index (χ0) is 9.97. The van der Waals surface area contributed by atoms with Crippen LogP contribution in [-0.2, 0) is 6.54 Å². The monoisotopic (exact) mass is 192 g/mol. The maximum atomic E-state index is 9.45. The van der Waals surface area contributed by atoms with Gasteiger partial charge in [0.1, 0.15) is 0 Å². The zero-order valence-electron chi connectivity index (χ0n) is 8.19. The highest BCUT2D eigenvalue weighted by atomic mass is 16.3. The van der Waals surface area contributed by atoms with Gasteiger partial charge in [0.05, 0.1) is 6.10 Å². The molecule has 14 heavy (non-hydrogen) atoms. The molecule has 1 aliphatic rings. The van der Waals surface area contributed by atoms with Gasteiger partial charge in [-0.2, -0.15) is 0 Å². The molecule has 0 radical (unpaired) electrons. The summed E-state index contributed by atoms with van der Waals surface area (Å²) in [7, 11) is 0. The summed E-state index contributed by atoms with van der Waals surface area (Å²) in [5, 5.41) is 9.45. The number of aliphatic hydroxyl groups is 1. The van der Waals surface area contributed by atoms with Crippen LogP contribution in [0.4, 0.5) is 5.69 Å². The van der Waals surface area contributed by atoms with Gasteiger partial charge in [0, 0.05) is 25.3 Å². The van der Waals surface area contributed by atoms with Crippen LogP contribution in [0.3, 0.4) is 0 Å². The van der Waals surface area contributed by atoms with Gasteiger partial charge < -0.3 is 15.7 Å². The van der Waals surface area contributed by atoms with Gasteiger partial charge in [0.25, 0.3) is 0 Å². The van der Waals surface area contributed by atoms with Crippen molar-refractivity contribution in [1.82, 2.24) is 0 Å². The van der Waals surface area contributed by atoms with E-state index in [1.165, 1.54) is 5.69 Å². The quantitative estimate of drug-likeness (QED) is 0.725. The number of hydrogen-bond donors (Lipinski definition) is 2. The molecule has 1 saturated heterocycles. The van der Waals surface area contributed by atoms with E-state index in [-0.39, 0.29) is 6.10 Å². The molecule has 1 aliphatic heterocycles. The summed E-state index contributed by atoms with van der Waals surface area (Å²) in [5.41, 5.74) is 7.99. The van der Waals surface area contributed by atoms with Gasteiger partial charge in [-0.25, -0.2) is 0 Å². The summed E-state index contributed by atoms with van der Waals surface area (Å²) >= 11 is 0. The molecule has 0 spiro atoms. The van der Waals surface area contributed by atoms with E-state index in [1.807, 2.05) is 18.2 Å². The van der Waals surface area contributed by atoms with Crippen LogP contribution in [0.25, 0.3) is 0 Å². The summed E-state index contributed by atoms with van der Waals surface area (Å²) in [5.74, 6) is 0. The third kappa shape index (κ3) is 1.74. The third-order valence-corrected chi connectivity index (χ3v) is 2.72. The minimum Gasteiger partial charge on any atom is -0.391 e. The second-order valence-electron chi connectivity index (χ2n) is 3.72. The molecule has 0 bridgehead atoms. The summed E-state index contributed by atoms with van der Waals surface area (Å²) in [6, 6.07) is 8.12. The number of nitrogens with zero attached hydrogens (tertiary/aromatic N) is 1. The van der Waals surface area contributed by atoms with E-state index in [1.54, 1.807) is 0 Å². The highest BCUT2D eigenvalue weighted by molar-refractivity contribution is 5.54. The van der Waals surface area contributed by atoms with Gasteiger partial charge in [-0.1, -0.05) is 18.2 Å². The Hall–Kier alpha value is -1.06. The van der Waals surface area contributed by atoms with Gasteiger partial charge in [0.15, 0.2) is 0 Å². The van der Waals surface area contributed by atoms with Crippen LogP contribution in [0.2, 0.25) is 0 Å². The van der Waals surface area contributed by atoms with E-state index < -0.39 is 0 Å². The number of nitrogens with two attached hydrogens (primary N) is 1. The Bertz CT molecular complexity index is 314. The second kappa shape index (κ2) is 3.98. The number of anilines is 1. The molecule has 1 aromatic rings. The van der Waals surface area contributed by atoms with Crippen molar-refractivity contribution in [2.45, 2.75) is 19.1 Å². The SMILES string of the molecule is NCc1ccccc1N1CCC(O)C1. The van der Waals surface area contributed by atoms with Crippen LogP contribution >= 0.6 is 0 Å². The predicted octanol–water partition coefficient (Wildman–Crippen LogP) is 0.716. The first-order valence-electron chi connectivity index (χ1n) is 5.02. The molecule has 3 N–H and O–H groups in total. The van der Waals surface area contributed by atoms with Crippen molar-refractivity contribution in [3.05, 3.63) is 29.8 Å². The van der Waals surface area contributed by atoms with Crippen LogP contribution in [0.15, 0.2) is 24.3 Å². The predicted molar refractivity (Wildman–Crippen MR) is 57.2 cm³/mol. The molecule has 76 valence electrons. The van der Waals surface area contributed by atoms with Crippen molar-refractivity contribution < 1.29 is 5.11 Å². The molecule has 3 heteroatoms. The van der Waals surface area contributed by atoms with E-state index in [2.05, 4.69) is 11.0 Å². The topological polar surface area (TPSA) is 49.5 Å². The number of β-amino-alcohol motifs (C(OH)–C–C–N with tert-alkyl or cyclic N) is 1. The van der Waals surface area contributed by atoms with E-state index in [0.29, 0.717) is 6.54 Å². The lowest BCUT2D eigenvalue weighted by Crippen LogP contribution is -2.22. The van der Waals surface area contributed by atoms with E-state index in [9.17, 15) is 5.11 Å². The molecule has 1 fully saturated rings. The van der Waals surface area contributed by atoms with E-state index in [0.717, 1.165) is 25.1 Å². The average Bonchev–Trinajstić information content (AvgIpc) is 2.65. The fourth-order valence-corrected chi connectivity index (χ4v) is 1.95. The van der Waals surface area contributed by atoms with Gasteiger partial charge >= 0.3 is 0 Å². The third-order valence-electron chi connectivity index (χ3n) is 2.72. The number of aliphatic hydroxyl groups excluding tert-OH is 1. The molecular weight excluding hydrogens is 176 g/mol. The molecule has 0 aliphatic carbocycles. The van der Waals surface area contributed by atoms with Crippen molar-refractivity contribution in [3.8, 4) is 0 Å². The first-order valence-corrected chi connectivity index (χ1v) is 5.02. The largest absolute Gasteiger partial charge is 0.391 e. The van der Waals surface area contributed by atoms with Crippen molar-refractivity contribution >= 4 is 5.69 Å². The first kappa shape index (κ1) is 9.49. The zero-order valence-corrected chi connectivity index (χ0v) is 8.19. The Balaban J connectivity index is 2.22. The first-order chi connectivity index (χ1) is 6.81. The number of rotatable bonds is 2. The minimum absolute atomic E-state index is 0.180. The maximum absolute atomic E-state index is 9.45. The molecule has 0 saturated carbocycles.